The van der Waals surface area contributed by atoms with Crippen molar-refractivity contribution in [3.63, 3.8) is 0 Å². The Balaban J connectivity index is 1.41. The number of ether oxygens (including phenoxy) is 1. The molecule has 1 aliphatic rings. The van der Waals surface area contributed by atoms with Crippen molar-refractivity contribution in [2.45, 2.75) is 86.6 Å². The molecule has 1 heterocycles. The summed E-state index contributed by atoms with van der Waals surface area (Å²) in [5, 5.41) is 11.8. The molecule has 0 aliphatic carbocycles. The molecule has 4 aromatic rings. The van der Waals surface area contributed by atoms with E-state index in [9.17, 15) is 18.0 Å². The van der Waals surface area contributed by atoms with E-state index in [-0.39, 0.29) is 40.7 Å². The minimum atomic E-state index is -3.81. The van der Waals surface area contributed by atoms with E-state index < -0.39 is 26.4 Å². The molecule has 53 heavy (non-hydrogen) atoms. The molecule has 2 amide bonds. The first-order valence-corrected chi connectivity index (χ1v) is 20.6. The third-order valence-corrected chi connectivity index (χ3v) is 12.3. The Hall–Kier alpha value is -4.16. The first-order valence-electron chi connectivity index (χ1n) is 18.2. The maximum Gasteiger partial charge on any atom is 0.410 e. The van der Waals surface area contributed by atoms with E-state index in [0.717, 1.165) is 28.7 Å². The van der Waals surface area contributed by atoms with E-state index in [4.69, 9.17) is 9.88 Å². The number of amides is 2. The number of likely N-dealkylation sites (tertiary alicyclic amines) is 1. The SMILES string of the molecule is CC[C@H](C)[C@H](NC[C@H]1C[C@@H](SC(c2ccccc2)(c2ccccc2)c2ccccc2)CN1C(=O)OC(C)(C)C)C(=O)NCc1ccc(S(N)(=O)=O)cc1. The number of hydrogen-bond donors (Lipinski definition) is 3. The van der Waals surface area contributed by atoms with Gasteiger partial charge in [0, 0.05) is 30.9 Å². The zero-order valence-electron chi connectivity index (χ0n) is 31.2. The zero-order chi connectivity index (χ0) is 38.2. The number of rotatable bonds is 14. The van der Waals surface area contributed by atoms with Crippen LogP contribution in [0.15, 0.2) is 120 Å². The number of nitrogens with zero attached hydrogens (tertiary/aromatic N) is 1. The number of hydrogen-bond acceptors (Lipinski definition) is 7. The van der Waals surface area contributed by atoms with Crippen LogP contribution in [0.3, 0.4) is 0 Å². The van der Waals surface area contributed by atoms with Gasteiger partial charge in [0.15, 0.2) is 0 Å². The fourth-order valence-corrected chi connectivity index (χ4v) is 9.20. The standard InChI is InChI=1S/C42H52N4O5S2/c1-6-30(2)38(39(47)45-27-31-22-24-37(25-23-31)53(43,49)50)44-28-35-26-36(29-46(35)40(48)51-41(3,4)5)52-42(32-16-10-7-11-17-32,33-18-12-8-13-19-33)34-20-14-9-15-21-34/h7-25,30,35-36,38,44H,6,26-29H2,1-5H3,(H,45,47)(H2,43,49,50)/t30-,35+,36+,38-/m0/s1. The summed E-state index contributed by atoms with van der Waals surface area (Å²) in [4.78, 5) is 29.4. The fourth-order valence-electron chi connectivity index (χ4n) is 6.82. The van der Waals surface area contributed by atoms with E-state index in [2.05, 4.69) is 83.4 Å². The third-order valence-electron chi connectivity index (χ3n) is 9.68. The predicted octanol–water partition coefficient (Wildman–Crippen LogP) is 7.06. The lowest BCUT2D eigenvalue weighted by Crippen LogP contribution is -2.52. The van der Waals surface area contributed by atoms with Gasteiger partial charge in [-0.15, -0.1) is 11.8 Å². The molecule has 5 rings (SSSR count). The highest BCUT2D eigenvalue weighted by molar-refractivity contribution is 8.01. The highest BCUT2D eigenvalue weighted by Crippen LogP contribution is 2.52. The van der Waals surface area contributed by atoms with Crippen molar-refractivity contribution >= 4 is 33.8 Å². The number of sulfonamides is 1. The maximum absolute atomic E-state index is 13.8. The van der Waals surface area contributed by atoms with E-state index >= 15 is 0 Å². The molecule has 0 bridgehead atoms. The Labute approximate surface area is 319 Å². The van der Waals surface area contributed by atoms with Crippen molar-refractivity contribution in [1.82, 2.24) is 15.5 Å². The largest absolute Gasteiger partial charge is 0.444 e. The van der Waals surface area contributed by atoms with Gasteiger partial charge in [-0.05, 0) is 67.5 Å². The molecule has 1 fully saturated rings. The number of carbonyl (C=O) groups is 2. The highest BCUT2D eigenvalue weighted by atomic mass is 32.2. The Morgan fingerprint density at radius 1 is 0.868 bits per heavy atom. The Kier molecular flexibility index (Phi) is 13.1. The van der Waals surface area contributed by atoms with E-state index in [1.54, 1.807) is 12.1 Å². The summed E-state index contributed by atoms with van der Waals surface area (Å²) >= 11 is 1.86. The van der Waals surface area contributed by atoms with Crippen molar-refractivity contribution in [1.29, 1.82) is 0 Å². The average Bonchev–Trinajstić information content (AvgIpc) is 3.55. The van der Waals surface area contributed by atoms with Crippen LogP contribution in [0.25, 0.3) is 0 Å². The van der Waals surface area contributed by atoms with E-state index in [1.165, 1.54) is 12.1 Å². The molecule has 11 heteroatoms. The van der Waals surface area contributed by atoms with Crippen molar-refractivity contribution in [3.05, 3.63) is 138 Å². The van der Waals surface area contributed by atoms with Crippen LogP contribution >= 0.6 is 11.8 Å². The van der Waals surface area contributed by atoms with Gasteiger partial charge in [-0.25, -0.2) is 18.4 Å². The lowest BCUT2D eigenvalue weighted by atomic mass is 9.84. The van der Waals surface area contributed by atoms with Crippen LogP contribution in [-0.2, 0) is 30.8 Å². The van der Waals surface area contributed by atoms with Gasteiger partial charge < -0.3 is 20.3 Å². The van der Waals surface area contributed by atoms with Crippen molar-refractivity contribution in [3.8, 4) is 0 Å². The summed E-state index contributed by atoms with van der Waals surface area (Å²) < 4.78 is 28.7. The summed E-state index contributed by atoms with van der Waals surface area (Å²) in [5.74, 6) is -0.165. The minimum absolute atomic E-state index is 0.00297. The second-order valence-corrected chi connectivity index (χ2v) is 17.8. The lowest BCUT2D eigenvalue weighted by molar-refractivity contribution is -0.124. The van der Waals surface area contributed by atoms with Crippen LogP contribution in [0.1, 0.15) is 69.7 Å². The molecular formula is C42H52N4O5S2. The van der Waals surface area contributed by atoms with E-state index in [0.29, 0.717) is 19.5 Å². The van der Waals surface area contributed by atoms with Gasteiger partial charge in [-0.1, -0.05) is 123 Å². The summed E-state index contributed by atoms with van der Waals surface area (Å²) in [5.41, 5.74) is 3.54. The quantitative estimate of drug-likeness (QED) is 0.118. The average molecular weight is 757 g/mol. The Bertz CT molecular complexity index is 1810. The molecule has 1 aliphatic heterocycles. The Morgan fingerprint density at radius 2 is 1.38 bits per heavy atom. The molecule has 4 atom stereocenters. The number of benzene rings is 4. The molecule has 0 saturated carbocycles. The zero-order valence-corrected chi connectivity index (χ0v) is 32.8. The second kappa shape index (κ2) is 17.3. The maximum atomic E-state index is 13.8. The Morgan fingerprint density at radius 3 is 1.83 bits per heavy atom. The summed E-state index contributed by atoms with van der Waals surface area (Å²) in [6, 6.07) is 37.0. The molecule has 0 spiro atoms. The van der Waals surface area contributed by atoms with Gasteiger partial charge >= 0.3 is 6.09 Å². The molecule has 4 N–H and O–H groups in total. The van der Waals surface area contributed by atoms with Crippen LogP contribution in [0.4, 0.5) is 4.79 Å². The summed E-state index contributed by atoms with van der Waals surface area (Å²) in [6.07, 6.45) is 1.08. The molecule has 1 saturated heterocycles. The number of nitrogens with one attached hydrogen (secondary N) is 2. The van der Waals surface area contributed by atoms with Crippen molar-refractivity contribution in [2.24, 2.45) is 11.1 Å². The number of nitrogens with two attached hydrogens (primary N) is 1. The molecule has 9 nitrogen and oxygen atoms in total. The van der Waals surface area contributed by atoms with Gasteiger partial charge in [-0.3, -0.25) is 4.79 Å². The van der Waals surface area contributed by atoms with E-state index in [1.807, 2.05) is 69.5 Å². The number of thioether (sulfide) groups is 1. The van der Waals surface area contributed by atoms with Gasteiger partial charge in [0.25, 0.3) is 0 Å². The molecule has 4 aromatic carbocycles. The normalized spacial score (nSPS) is 17.6. The van der Waals surface area contributed by atoms with Crippen LogP contribution < -0.4 is 15.8 Å². The van der Waals surface area contributed by atoms with Crippen LogP contribution in [0.2, 0.25) is 0 Å². The molecule has 0 unspecified atom stereocenters. The van der Waals surface area contributed by atoms with Gasteiger partial charge in [0.2, 0.25) is 15.9 Å². The summed E-state index contributed by atoms with van der Waals surface area (Å²) in [7, 11) is -3.81. The molecular weight excluding hydrogens is 705 g/mol. The monoisotopic (exact) mass is 756 g/mol. The number of primary sulfonamides is 1. The topological polar surface area (TPSA) is 131 Å². The molecule has 0 aromatic heterocycles. The summed E-state index contributed by atoms with van der Waals surface area (Å²) in [6.45, 7) is 10.8. The lowest BCUT2D eigenvalue weighted by Gasteiger charge is -2.37. The van der Waals surface area contributed by atoms with Gasteiger partial charge in [0.05, 0.1) is 15.7 Å². The van der Waals surface area contributed by atoms with Crippen LogP contribution in [-0.4, -0.2) is 61.3 Å². The number of carbonyl (C=O) groups excluding carboxylic acids is 2. The van der Waals surface area contributed by atoms with Crippen molar-refractivity contribution in [2.75, 3.05) is 13.1 Å². The first-order chi connectivity index (χ1) is 25.2. The predicted molar refractivity (Wildman–Crippen MR) is 213 cm³/mol. The minimum Gasteiger partial charge on any atom is -0.444 e. The van der Waals surface area contributed by atoms with Crippen LogP contribution in [0, 0.1) is 5.92 Å². The smallest absolute Gasteiger partial charge is 0.410 e. The van der Waals surface area contributed by atoms with Crippen molar-refractivity contribution < 1.29 is 22.7 Å². The third kappa shape index (κ3) is 10.1. The highest BCUT2D eigenvalue weighted by Gasteiger charge is 2.45. The second-order valence-electron chi connectivity index (χ2n) is 14.7. The van der Waals surface area contributed by atoms with Gasteiger partial charge in [0.1, 0.15) is 5.60 Å². The molecule has 282 valence electrons. The first kappa shape index (κ1) is 40.0. The fraction of sp³-hybridized carbons (Fsp3) is 0.381. The van der Waals surface area contributed by atoms with Gasteiger partial charge in [-0.2, -0.15) is 0 Å². The van der Waals surface area contributed by atoms with Crippen LogP contribution in [0.5, 0.6) is 0 Å². The molecule has 0 radical (unpaired) electrons.